The minimum Gasteiger partial charge on any atom is -0.351 e. The van der Waals surface area contributed by atoms with E-state index in [9.17, 15) is 4.79 Å². The SMILES string of the molecule is CCSCCNC(=O)c1ccc2nc(-c3ccccc3)cn2c1. The smallest absolute Gasteiger partial charge is 0.252 e. The molecule has 1 amide bonds. The molecule has 0 aliphatic heterocycles. The molecule has 0 fully saturated rings. The number of carbonyl (C=O) groups excluding carboxylic acids is 1. The molecule has 5 heteroatoms. The Morgan fingerprint density at radius 3 is 2.78 bits per heavy atom. The van der Waals surface area contributed by atoms with Crippen molar-refractivity contribution in [2.75, 3.05) is 18.1 Å². The molecular formula is C18H19N3OS. The number of fused-ring (bicyclic) bond motifs is 1. The average molecular weight is 325 g/mol. The molecule has 23 heavy (non-hydrogen) atoms. The van der Waals surface area contributed by atoms with Crippen LogP contribution in [0.4, 0.5) is 0 Å². The van der Waals surface area contributed by atoms with Gasteiger partial charge in [0.05, 0.1) is 11.3 Å². The van der Waals surface area contributed by atoms with E-state index in [0.29, 0.717) is 12.1 Å². The monoisotopic (exact) mass is 325 g/mol. The predicted octanol–water partition coefficient (Wildman–Crippen LogP) is 3.48. The first-order valence-electron chi connectivity index (χ1n) is 7.68. The summed E-state index contributed by atoms with van der Waals surface area (Å²) in [6, 6.07) is 13.7. The number of amides is 1. The van der Waals surface area contributed by atoms with E-state index >= 15 is 0 Å². The highest BCUT2D eigenvalue weighted by Crippen LogP contribution is 2.19. The predicted molar refractivity (Wildman–Crippen MR) is 96.0 cm³/mol. The van der Waals surface area contributed by atoms with Gasteiger partial charge in [0.2, 0.25) is 0 Å². The van der Waals surface area contributed by atoms with Crippen molar-refractivity contribution in [3.63, 3.8) is 0 Å². The van der Waals surface area contributed by atoms with E-state index < -0.39 is 0 Å². The Labute approximate surface area is 139 Å². The maximum Gasteiger partial charge on any atom is 0.252 e. The maximum atomic E-state index is 12.2. The van der Waals surface area contributed by atoms with Gasteiger partial charge in [-0.05, 0) is 17.9 Å². The van der Waals surface area contributed by atoms with Crippen LogP contribution in [-0.2, 0) is 0 Å². The van der Waals surface area contributed by atoms with E-state index in [2.05, 4.69) is 17.2 Å². The van der Waals surface area contributed by atoms with Crippen LogP contribution in [0.3, 0.4) is 0 Å². The van der Waals surface area contributed by atoms with Gasteiger partial charge in [-0.2, -0.15) is 11.8 Å². The molecule has 0 aliphatic carbocycles. The molecule has 1 N–H and O–H groups in total. The Bertz CT molecular complexity index is 798. The highest BCUT2D eigenvalue weighted by molar-refractivity contribution is 7.99. The molecule has 3 aromatic rings. The Morgan fingerprint density at radius 2 is 2.00 bits per heavy atom. The van der Waals surface area contributed by atoms with Crippen LogP contribution in [0, 0.1) is 0 Å². The number of hydrogen-bond donors (Lipinski definition) is 1. The van der Waals surface area contributed by atoms with Crippen molar-refractivity contribution in [3.05, 3.63) is 60.4 Å². The van der Waals surface area contributed by atoms with Gasteiger partial charge in [0.15, 0.2) is 0 Å². The highest BCUT2D eigenvalue weighted by atomic mass is 32.2. The number of carbonyl (C=O) groups is 1. The minimum atomic E-state index is -0.0430. The normalized spacial score (nSPS) is 10.8. The molecule has 0 saturated carbocycles. The largest absolute Gasteiger partial charge is 0.351 e. The van der Waals surface area contributed by atoms with Crippen molar-refractivity contribution >= 4 is 23.3 Å². The zero-order valence-electron chi connectivity index (χ0n) is 13.0. The van der Waals surface area contributed by atoms with Gasteiger partial charge < -0.3 is 9.72 Å². The third-order valence-electron chi connectivity index (χ3n) is 3.52. The van der Waals surface area contributed by atoms with Crippen LogP contribution in [0.25, 0.3) is 16.9 Å². The molecule has 0 radical (unpaired) electrons. The summed E-state index contributed by atoms with van der Waals surface area (Å²) in [4.78, 5) is 16.8. The summed E-state index contributed by atoms with van der Waals surface area (Å²) in [6.07, 6.45) is 3.78. The molecule has 1 aromatic carbocycles. The second-order valence-corrected chi connectivity index (χ2v) is 6.52. The fourth-order valence-electron chi connectivity index (χ4n) is 2.36. The van der Waals surface area contributed by atoms with Crippen LogP contribution in [0.5, 0.6) is 0 Å². The molecule has 4 nitrogen and oxygen atoms in total. The van der Waals surface area contributed by atoms with Crippen LogP contribution >= 0.6 is 11.8 Å². The lowest BCUT2D eigenvalue weighted by atomic mass is 10.2. The summed E-state index contributed by atoms with van der Waals surface area (Å²) >= 11 is 1.82. The molecule has 0 saturated heterocycles. The second kappa shape index (κ2) is 7.33. The van der Waals surface area contributed by atoms with E-state index in [4.69, 9.17) is 0 Å². The number of nitrogens with zero attached hydrogens (tertiary/aromatic N) is 2. The van der Waals surface area contributed by atoms with Crippen LogP contribution in [0.15, 0.2) is 54.9 Å². The fraction of sp³-hybridized carbons (Fsp3) is 0.222. The first kappa shape index (κ1) is 15.6. The van der Waals surface area contributed by atoms with Crippen molar-refractivity contribution in [1.29, 1.82) is 0 Å². The van der Waals surface area contributed by atoms with Crippen LogP contribution in [-0.4, -0.2) is 33.3 Å². The number of nitrogens with one attached hydrogen (secondary N) is 1. The van der Waals surface area contributed by atoms with Crippen molar-refractivity contribution in [1.82, 2.24) is 14.7 Å². The average Bonchev–Trinajstić information content (AvgIpc) is 3.02. The molecule has 118 valence electrons. The molecule has 0 spiro atoms. The number of pyridine rings is 1. The summed E-state index contributed by atoms with van der Waals surface area (Å²) in [5, 5.41) is 2.94. The minimum absolute atomic E-state index is 0.0430. The number of rotatable bonds is 6. The molecular weight excluding hydrogens is 306 g/mol. The lowest BCUT2D eigenvalue weighted by Crippen LogP contribution is -2.26. The zero-order chi connectivity index (χ0) is 16.1. The second-order valence-electron chi connectivity index (χ2n) is 5.13. The number of benzene rings is 1. The lowest BCUT2D eigenvalue weighted by molar-refractivity contribution is 0.0955. The summed E-state index contributed by atoms with van der Waals surface area (Å²) in [6.45, 7) is 2.80. The van der Waals surface area contributed by atoms with Gasteiger partial charge in [-0.1, -0.05) is 37.3 Å². The molecule has 0 bridgehead atoms. The molecule has 0 unspecified atom stereocenters. The van der Waals surface area contributed by atoms with Gasteiger partial charge >= 0.3 is 0 Å². The molecule has 2 aromatic heterocycles. The Kier molecular flexibility index (Phi) is 4.98. The van der Waals surface area contributed by atoms with E-state index in [1.807, 2.05) is 71.0 Å². The van der Waals surface area contributed by atoms with Crippen LogP contribution in [0.1, 0.15) is 17.3 Å². The van der Waals surface area contributed by atoms with Gasteiger partial charge in [0.25, 0.3) is 5.91 Å². The lowest BCUT2D eigenvalue weighted by Gasteiger charge is -2.05. The summed E-state index contributed by atoms with van der Waals surface area (Å²) in [7, 11) is 0. The topological polar surface area (TPSA) is 46.4 Å². The Morgan fingerprint density at radius 1 is 1.17 bits per heavy atom. The number of thioether (sulfide) groups is 1. The Hall–Kier alpha value is -2.27. The summed E-state index contributed by atoms with van der Waals surface area (Å²) in [5.41, 5.74) is 3.46. The third-order valence-corrected chi connectivity index (χ3v) is 4.42. The van der Waals surface area contributed by atoms with E-state index in [1.54, 1.807) is 0 Å². The fourth-order valence-corrected chi connectivity index (χ4v) is 2.89. The first-order chi connectivity index (χ1) is 11.3. The van der Waals surface area contributed by atoms with Crippen molar-refractivity contribution < 1.29 is 4.79 Å². The van der Waals surface area contributed by atoms with Gasteiger partial charge in [0.1, 0.15) is 5.65 Å². The van der Waals surface area contributed by atoms with Gasteiger partial charge in [-0.25, -0.2) is 4.98 Å². The van der Waals surface area contributed by atoms with Crippen LogP contribution < -0.4 is 5.32 Å². The molecule has 0 atom stereocenters. The van der Waals surface area contributed by atoms with Crippen molar-refractivity contribution in [2.45, 2.75) is 6.92 Å². The number of imidazole rings is 1. The van der Waals surface area contributed by atoms with E-state index in [0.717, 1.165) is 28.4 Å². The van der Waals surface area contributed by atoms with E-state index in [1.165, 1.54) is 0 Å². The maximum absolute atomic E-state index is 12.2. The summed E-state index contributed by atoms with van der Waals surface area (Å²) < 4.78 is 1.90. The number of hydrogen-bond acceptors (Lipinski definition) is 3. The van der Waals surface area contributed by atoms with Crippen LogP contribution in [0.2, 0.25) is 0 Å². The molecule has 0 aliphatic rings. The summed E-state index contributed by atoms with van der Waals surface area (Å²) in [5.74, 6) is 1.96. The number of aromatic nitrogens is 2. The highest BCUT2D eigenvalue weighted by Gasteiger charge is 2.08. The Balaban J connectivity index is 1.78. The first-order valence-corrected chi connectivity index (χ1v) is 8.83. The van der Waals surface area contributed by atoms with Crippen molar-refractivity contribution in [2.24, 2.45) is 0 Å². The standard InChI is InChI=1S/C18H19N3OS/c1-2-23-11-10-19-18(22)15-8-9-17-20-16(13-21(17)12-15)14-6-4-3-5-7-14/h3-9,12-13H,2,10-11H2,1H3,(H,19,22). The van der Waals surface area contributed by atoms with Gasteiger partial charge in [-0.15, -0.1) is 0 Å². The molecule has 3 rings (SSSR count). The zero-order valence-corrected chi connectivity index (χ0v) is 13.8. The van der Waals surface area contributed by atoms with Gasteiger partial charge in [-0.3, -0.25) is 4.79 Å². The van der Waals surface area contributed by atoms with Crippen molar-refractivity contribution in [3.8, 4) is 11.3 Å². The third kappa shape index (κ3) is 3.74. The quantitative estimate of drug-likeness (QED) is 0.706. The van der Waals surface area contributed by atoms with E-state index in [-0.39, 0.29) is 5.91 Å². The van der Waals surface area contributed by atoms with Gasteiger partial charge in [0, 0.05) is 30.3 Å². The molecule has 2 heterocycles.